The van der Waals surface area contributed by atoms with Crippen LogP contribution in [0.2, 0.25) is 5.02 Å². The Labute approximate surface area is 206 Å². The zero-order chi connectivity index (χ0) is 25.3. The van der Waals surface area contributed by atoms with Gasteiger partial charge in [0.1, 0.15) is 6.04 Å². The van der Waals surface area contributed by atoms with Gasteiger partial charge in [-0.3, -0.25) is 9.59 Å². The maximum atomic E-state index is 12.8. The molecule has 1 saturated carbocycles. The summed E-state index contributed by atoms with van der Waals surface area (Å²) in [5.41, 5.74) is 1.52. The van der Waals surface area contributed by atoms with Crippen LogP contribution < -0.4 is 10.0 Å². The van der Waals surface area contributed by atoms with Gasteiger partial charge >= 0.3 is 5.97 Å². The summed E-state index contributed by atoms with van der Waals surface area (Å²) in [7, 11) is -4.04. The summed E-state index contributed by atoms with van der Waals surface area (Å²) in [4.78, 5) is 24.1. The normalized spacial score (nSPS) is 17.7. The highest BCUT2D eigenvalue weighted by Crippen LogP contribution is 2.68. The van der Waals surface area contributed by atoms with Crippen LogP contribution in [0.1, 0.15) is 40.5 Å². The lowest BCUT2D eigenvalue weighted by atomic mass is 10.0. The molecule has 1 aliphatic rings. The van der Waals surface area contributed by atoms with Crippen LogP contribution in [0.25, 0.3) is 11.1 Å². The zero-order valence-corrected chi connectivity index (χ0v) is 21.3. The molecule has 1 atom stereocenters. The van der Waals surface area contributed by atoms with Crippen molar-refractivity contribution < 1.29 is 23.1 Å². The Hall–Kier alpha value is -2.42. The minimum atomic E-state index is -4.04. The molecule has 7 nitrogen and oxygen atoms in total. The molecule has 34 heavy (non-hydrogen) atoms. The predicted molar refractivity (Wildman–Crippen MR) is 132 cm³/mol. The Kier molecular flexibility index (Phi) is 7.45. The van der Waals surface area contributed by atoms with Crippen LogP contribution >= 0.6 is 11.6 Å². The van der Waals surface area contributed by atoms with Crippen LogP contribution in [0.15, 0.2) is 53.4 Å². The standard InChI is InChI=1S/C25H31ClN2O5S/c1-24(2)21(25(24,3)4)22(29)27-15-5-6-20(23(30)31)28-34(32,33)19-13-9-17(10-14-19)16-7-11-18(26)12-8-16/h7-14,20-21,28H,5-6,15H2,1-4H3,(H,27,29)(H,30,31). The molecule has 1 fully saturated rings. The molecule has 0 bridgehead atoms. The van der Waals surface area contributed by atoms with Gasteiger partial charge in [-0.2, -0.15) is 4.72 Å². The number of hydrogen-bond donors (Lipinski definition) is 3. The van der Waals surface area contributed by atoms with Gasteiger partial charge in [0.25, 0.3) is 0 Å². The summed E-state index contributed by atoms with van der Waals surface area (Å²) in [6.45, 7) is 8.48. The Morgan fingerprint density at radius 3 is 1.94 bits per heavy atom. The number of nitrogens with one attached hydrogen (secondary N) is 2. The highest BCUT2D eigenvalue weighted by Gasteiger charge is 2.68. The van der Waals surface area contributed by atoms with Gasteiger partial charge in [0.15, 0.2) is 0 Å². The molecule has 0 spiro atoms. The van der Waals surface area contributed by atoms with Crippen molar-refractivity contribution in [3.63, 3.8) is 0 Å². The number of carbonyl (C=O) groups is 2. The number of rotatable bonds is 10. The van der Waals surface area contributed by atoms with Gasteiger partial charge in [0, 0.05) is 17.5 Å². The summed E-state index contributed by atoms with van der Waals surface area (Å²) in [5, 5.41) is 13.0. The van der Waals surface area contributed by atoms with Crippen LogP contribution in [0.5, 0.6) is 0 Å². The van der Waals surface area contributed by atoms with E-state index in [9.17, 15) is 23.1 Å². The molecule has 3 N–H and O–H groups in total. The predicted octanol–water partition coefficient (Wildman–Crippen LogP) is 4.32. The molecular formula is C25H31ClN2O5S. The van der Waals surface area contributed by atoms with E-state index >= 15 is 0 Å². The number of carboxylic acids is 1. The molecule has 9 heteroatoms. The maximum Gasteiger partial charge on any atom is 0.321 e. The Bertz CT molecular complexity index is 1140. The van der Waals surface area contributed by atoms with Crippen molar-refractivity contribution in [3.8, 4) is 11.1 Å². The zero-order valence-electron chi connectivity index (χ0n) is 19.8. The number of carbonyl (C=O) groups excluding carboxylic acids is 1. The summed E-state index contributed by atoms with van der Waals surface area (Å²) in [5.74, 6) is -1.41. The quantitative estimate of drug-likeness (QED) is 0.415. The molecule has 2 aromatic rings. The number of carboxylic acid groups (broad SMARTS) is 1. The van der Waals surface area contributed by atoms with Gasteiger partial charge in [0.2, 0.25) is 15.9 Å². The highest BCUT2D eigenvalue weighted by molar-refractivity contribution is 7.89. The molecule has 3 rings (SSSR count). The number of aliphatic carboxylic acids is 1. The van der Waals surface area contributed by atoms with Gasteiger partial charge in [-0.25, -0.2) is 8.42 Å². The Balaban J connectivity index is 1.56. The minimum Gasteiger partial charge on any atom is -0.480 e. The molecule has 0 aromatic heterocycles. The highest BCUT2D eigenvalue weighted by atomic mass is 35.5. The van der Waals surface area contributed by atoms with Crippen molar-refractivity contribution in [2.75, 3.05) is 6.54 Å². The first-order valence-corrected chi connectivity index (χ1v) is 13.0. The van der Waals surface area contributed by atoms with Crippen molar-refractivity contribution in [3.05, 3.63) is 53.6 Å². The Morgan fingerprint density at radius 2 is 1.47 bits per heavy atom. The van der Waals surface area contributed by atoms with E-state index < -0.39 is 22.0 Å². The third-order valence-electron chi connectivity index (χ3n) is 7.19. The second kappa shape index (κ2) is 9.68. The van der Waals surface area contributed by atoms with Gasteiger partial charge < -0.3 is 10.4 Å². The smallest absolute Gasteiger partial charge is 0.321 e. The van der Waals surface area contributed by atoms with E-state index in [4.69, 9.17) is 11.6 Å². The molecule has 184 valence electrons. The first-order valence-electron chi connectivity index (χ1n) is 11.2. The molecule has 0 saturated heterocycles. The van der Waals surface area contributed by atoms with Crippen molar-refractivity contribution in [2.45, 2.75) is 51.5 Å². The average molecular weight is 507 g/mol. The van der Waals surface area contributed by atoms with E-state index in [2.05, 4.69) is 37.7 Å². The summed E-state index contributed by atoms with van der Waals surface area (Å²) < 4.78 is 27.8. The number of sulfonamides is 1. The third kappa shape index (κ3) is 5.45. The molecule has 2 aromatic carbocycles. The molecule has 0 radical (unpaired) electrons. The van der Waals surface area contributed by atoms with E-state index in [1.54, 1.807) is 24.3 Å². The lowest BCUT2D eigenvalue weighted by molar-refractivity contribution is -0.139. The molecule has 1 amide bonds. The Morgan fingerprint density at radius 1 is 0.971 bits per heavy atom. The molecule has 0 aliphatic heterocycles. The lowest BCUT2D eigenvalue weighted by Crippen LogP contribution is -2.41. The maximum absolute atomic E-state index is 12.8. The van der Waals surface area contributed by atoms with Crippen molar-refractivity contribution in [1.82, 2.24) is 10.0 Å². The van der Waals surface area contributed by atoms with Gasteiger partial charge in [-0.1, -0.05) is 63.6 Å². The minimum absolute atomic E-state index is 0.0250. The van der Waals surface area contributed by atoms with E-state index in [-0.39, 0.29) is 40.5 Å². The third-order valence-corrected chi connectivity index (χ3v) is 8.93. The second-order valence-corrected chi connectivity index (χ2v) is 12.0. The van der Waals surface area contributed by atoms with Crippen molar-refractivity contribution >= 4 is 33.5 Å². The van der Waals surface area contributed by atoms with Crippen LogP contribution in [-0.4, -0.2) is 38.0 Å². The lowest BCUT2D eigenvalue weighted by Gasteiger charge is -2.15. The monoisotopic (exact) mass is 506 g/mol. The van der Waals surface area contributed by atoms with E-state index in [1.807, 2.05) is 12.1 Å². The molecular weight excluding hydrogens is 476 g/mol. The van der Waals surface area contributed by atoms with Crippen molar-refractivity contribution in [1.29, 1.82) is 0 Å². The molecule has 0 heterocycles. The van der Waals surface area contributed by atoms with Crippen LogP contribution in [0, 0.1) is 16.7 Å². The summed E-state index contributed by atoms with van der Waals surface area (Å²) >= 11 is 5.90. The fourth-order valence-corrected chi connectivity index (χ4v) is 5.78. The van der Waals surface area contributed by atoms with Gasteiger partial charge in [-0.05, 0) is 59.1 Å². The topological polar surface area (TPSA) is 113 Å². The van der Waals surface area contributed by atoms with Crippen molar-refractivity contribution in [2.24, 2.45) is 16.7 Å². The summed E-state index contributed by atoms with van der Waals surface area (Å²) in [6.07, 6.45) is 0.378. The largest absolute Gasteiger partial charge is 0.480 e. The number of hydrogen-bond acceptors (Lipinski definition) is 4. The van der Waals surface area contributed by atoms with Gasteiger partial charge in [0.05, 0.1) is 4.90 Å². The fourth-order valence-electron chi connectivity index (χ4n) is 4.43. The van der Waals surface area contributed by atoms with Crippen LogP contribution in [0.3, 0.4) is 0 Å². The number of halogens is 1. The number of benzene rings is 2. The molecule has 1 unspecified atom stereocenters. The first kappa shape index (κ1) is 26.2. The fraction of sp³-hybridized carbons (Fsp3) is 0.440. The van der Waals surface area contributed by atoms with E-state index in [0.717, 1.165) is 11.1 Å². The average Bonchev–Trinajstić information content (AvgIpc) is 3.18. The molecule has 1 aliphatic carbocycles. The summed E-state index contributed by atoms with van der Waals surface area (Å²) in [6, 6.07) is 12.0. The van der Waals surface area contributed by atoms with Crippen LogP contribution in [0.4, 0.5) is 0 Å². The SMILES string of the molecule is CC1(C)C(C(=O)NCCCC(NS(=O)(=O)c2ccc(-c3ccc(Cl)cc3)cc2)C(=O)O)C1(C)C. The second-order valence-electron chi connectivity index (χ2n) is 9.85. The first-order chi connectivity index (χ1) is 15.8. The van der Waals surface area contributed by atoms with E-state index in [0.29, 0.717) is 11.4 Å². The van der Waals surface area contributed by atoms with Gasteiger partial charge in [-0.15, -0.1) is 0 Å². The van der Waals surface area contributed by atoms with E-state index in [1.165, 1.54) is 12.1 Å². The number of amides is 1. The van der Waals surface area contributed by atoms with Crippen LogP contribution in [-0.2, 0) is 19.6 Å².